The third-order valence-electron chi connectivity index (χ3n) is 6.36. The Balaban J connectivity index is 1.57. The van der Waals surface area contributed by atoms with Crippen molar-refractivity contribution in [1.82, 2.24) is 9.31 Å². The average Bonchev–Trinajstić information content (AvgIpc) is 3.20. The van der Waals surface area contributed by atoms with Gasteiger partial charge in [-0.15, -0.1) is 0 Å². The van der Waals surface area contributed by atoms with Crippen LogP contribution < -0.4 is 9.47 Å². The Hall–Kier alpha value is -2.10. The lowest BCUT2D eigenvalue weighted by Crippen LogP contribution is -2.59. The summed E-state index contributed by atoms with van der Waals surface area (Å²) in [6, 6.07) is 14.1. The van der Waals surface area contributed by atoms with Gasteiger partial charge in [0.1, 0.15) is 0 Å². The molecule has 2 aromatic carbocycles. The molecule has 0 aliphatic carbocycles. The summed E-state index contributed by atoms with van der Waals surface area (Å²) in [4.78, 5) is 0. The van der Waals surface area contributed by atoms with Gasteiger partial charge >= 0.3 is 0 Å². The second-order valence-corrected chi connectivity index (χ2v) is 11.1. The van der Waals surface area contributed by atoms with Gasteiger partial charge in [0.15, 0.2) is 11.5 Å². The monoisotopic (exact) mass is 505 g/mol. The first-order valence-electron chi connectivity index (χ1n) is 10.2. The fourth-order valence-corrected chi connectivity index (χ4v) is 5.86. The number of hydrazone groups is 1. The van der Waals surface area contributed by atoms with E-state index in [1.54, 1.807) is 7.11 Å². The molecule has 0 radical (unpaired) electrons. The van der Waals surface area contributed by atoms with Gasteiger partial charge in [-0.25, -0.2) is 17.7 Å². The van der Waals surface area contributed by atoms with E-state index in [0.29, 0.717) is 31.7 Å². The molecule has 3 aliphatic rings. The number of benzene rings is 2. The predicted molar refractivity (Wildman–Crippen MR) is 122 cm³/mol. The number of hydrogen-bond donors (Lipinski definition) is 0. The second-order valence-electron chi connectivity index (χ2n) is 8.21. The van der Waals surface area contributed by atoms with Crippen LogP contribution in [0.25, 0.3) is 0 Å². The van der Waals surface area contributed by atoms with Crippen LogP contribution >= 0.6 is 15.9 Å². The van der Waals surface area contributed by atoms with Gasteiger partial charge in [-0.2, -0.15) is 5.10 Å². The fourth-order valence-electron chi connectivity index (χ4n) is 4.75. The van der Waals surface area contributed by atoms with Crippen molar-refractivity contribution in [3.8, 4) is 11.5 Å². The number of para-hydroxylation sites is 1. The Labute approximate surface area is 190 Å². The zero-order valence-electron chi connectivity index (χ0n) is 17.4. The lowest BCUT2D eigenvalue weighted by atomic mass is 9.91. The summed E-state index contributed by atoms with van der Waals surface area (Å²) in [5.41, 5.74) is 2.42. The molecular weight excluding hydrogens is 482 g/mol. The van der Waals surface area contributed by atoms with Crippen molar-refractivity contribution in [3.63, 3.8) is 0 Å². The molecule has 5 rings (SSSR count). The van der Waals surface area contributed by atoms with E-state index < -0.39 is 15.7 Å². The number of sulfonamides is 1. The molecule has 0 unspecified atom stereocenters. The number of ether oxygens (including phenoxy) is 2. The second kappa shape index (κ2) is 7.50. The lowest BCUT2D eigenvalue weighted by molar-refractivity contribution is -0.144. The number of rotatable bonds is 3. The molecule has 0 amide bonds. The Morgan fingerprint density at radius 3 is 2.52 bits per heavy atom. The van der Waals surface area contributed by atoms with Gasteiger partial charge in [0, 0.05) is 42.4 Å². The van der Waals surface area contributed by atoms with Gasteiger partial charge in [-0.1, -0.05) is 40.2 Å². The normalized spacial score (nSPS) is 22.5. The molecule has 31 heavy (non-hydrogen) atoms. The molecule has 1 fully saturated rings. The maximum absolute atomic E-state index is 12.1. The molecule has 1 spiro atoms. The van der Waals surface area contributed by atoms with Crippen LogP contribution in [0, 0.1) is 0 Å². The average molecular weight is 506 g/mol. The highest BCUT2D eigenvalue weighted by atomic mass is 79.9. The zero-order chi connectivity index (χ0) is 21.8. The van der Waals surface area contributed by atoms with Crippen molar-refractivity contribution in [2.75, 3.05) is 26.5 Å². The minimum absolute atomic E-state index is 0.0160. The predicted octanol–water partition coefficient (Wildman–Crippen LogP) is 3.75. The molecule has 0 aromatic heterocycles. The first-order chi connectivity index (χ1) is 14.8. The summed E-state index contributed by atoms with van der Waals surface area (Å²) in [5.74, 6) is 1.44. The van der Waals surface area contributed by atoms with Crippen molar-refractivity contribution < 1.29 is 17.9 Å². The molecule has 0 bridgehead atoms. The highest BCUT2D eigenvalue weighted by Gasteiger charge is 2.53. The Bertz CT molecular complexity index is 1140. The Kier molecular flexibility index (Phi) is 5.02. The molecule has 7 nitrogen and oxygen atoms in total. The molecule has 3 aliphatic heterocycles. The minimum Gasteiger partial charge on any atom is -0.493 e. The van der Waals surface area contributed by atoms with Crippen molar-refractivity contribution in [3.05, 3.63) is 58.1 Å². The SMILES string of the molecule is COc1cccc2c1OC1(CCN(S(C)(=O)=O)CC1)N1N=C(c3ccc(Br)cc3)C[C@@H]21. The summed E-state index contributed by atoms with van der Waals surface area (Å²) >= 11 is 3.49. The first kappa shape index (κ1) is 20.8. The van der Waals surface area contributed by atoms with Crippen LogP contribution in [0.5, 0.6) is 11.5 Å². The summed E-state index contributed by atoms with van der Waals surface area (Å²) in [6.45, 7) is 0.797. The van der Waals surface area contributed by atoms with Crippen LogP contribution in [0.1, 0.15) is 36.4 Å². The van der Waals surface area contributed by atoms with Crippen LogP contribution in [-0.4, -0.2) is 55.6 Å². The molecule has 164 valence electrons. The molecular formula is C22H24BrN3O4S. The topological polar surface area (TPSA) is 71.4 Å². The number of nitrogens with zero attached hydrogens (tertiary/aromatic N) is 3. The van der Waals surface area contributed by atoms with Crippen LogP contribution in [0.3, 0.4) is 0 Å². The molecule has 3 heterocycles. The quantitative estimate of drug-likeness (QED) is 0.634. The van der Waals surface area contributed by atoms with E-state index in [2.05, 4.69) is 39.1 Å². The molecule has 0 saturated carbocycles. The highest BCUT2D eigenvalue weighted by Crippen LogP contribution is 2.52. The minimum atomic E-state index is -3.24. The summed E-state index contributed by atoms with van der Waals surface area (Å²) in [7, 11) is -1.60. The van der Waals surface area contributed by atoms with E-state index >= 15 is 0 Å². The highest BCUT2D eigenvalue weighted by molar-refractivity contribution is 9.10. The summed E-state index contributed by atoms with van der Waals surface area (Å²) < 4.78 is 38.9. The number of fused-ring (bicyclic) bond motifs is 4. The van der Waals surface area contributed by atoms with E-state index in [4.69, 9.17) is 14.6 Å². The first-order valence-corrected chi connectivity index (χ1v) is 12.9. The maximum atomic E-state index is 12.1. The van der Waals surface area contributed by atoms with Gasteiger partial charge in [-0.3, -0.25) is 0 Å². The van der Waals surface area contributed by atoms with E-state index in [1.165, 1.54) is 10.6 Å². The van der Waals surface area contributed by atoms with Crippen molar-refractivity contribution in [1.29, 1.82) is 0 Å². The lowest BCUT2D eigenvalue weighted by Gasteiger charge is -2.50. The zero-order valence-corrected chi connectivity index (χ0v) is 19.8. The van der Waals surface area contributed by atoms with Gasteiger partial charge in [-0.05, 0) is 23.8 Å². The number of methoxy groups -OCH3 is 1. The van der Waals surface area contributed by atoms with E-state index in [9.17, 15) is 8.42 Å². The van der Waals surface area contributed by atoms with Gasteiger partial charge in [0.25, 0.3) is 0 Å². The van der Waals surface area contributed by atoms with Gasteiger partial charge in [0.05, 0.1) is 25.1 Å². The third kappa shape index (κ3) is 3.52. The summed E-state index contributed by atoms with van der Waals surface area (Å²) in [6.07, 6.45) is 3.08. The molecule has 1 saturated heterocycles. The Morgan fingerprint density at radius 2 is 1.87 bits per heavy atom. The Morgan fingerprint density at radius 1 is 1.16 bits per heavy atom. The van der Waals surface area contributed by atoms with E-state index in [1.807, 2.05) is 24.3 Å². The standard InChI is InChI=1S/C22H24BrN3O4S/c1-29-20-5-3-4-17-19-14-18(15-6-8-16(23)9-7-15)24-26(19)22(30-21(17)20)10-12-25(13-11-22)31(2,27)28/h3-9,19H,10-14H2,1-2H3/t19-/m0/s1. The largest absolute Gasteiger partial charge is 0.493 e. The number of piperidine rings is 1. The number of hydrogen-bond acceptors (Lipinski definition) is 6. The van der Waals surface area contributed by atoms with Crippen LogP contribution in [0.2, 0.25) is 0 Å². The third-order valence-corrected chi connectivity index (χ3v) is 8.19. The molecule has 0 N–H and O–H groups in total. The van der Waals surface area contributed by atoms with Gasteiger partial charge < -0.3 is 9.47 Å². The van der Waals surface area contributed by atoms with Crippen molar-refractivity contribution >= 4 is 31.7 Å². The van der Waals surface area contributed by atoms with Crippen LogP contribution in [0.15, 0.2) is 52.0 Å². The summed E-state index contributed by atoms with van der Waals surface area (Å²) in [5, 5.41) is 7.10. The smallest absolute Gasteiger partial charge is 0.211 e. The fraction of sp³-hybridized carbons (Fsp3) is 0.409. The van der Waals surface area contributed by atoms with Crippen LogP contribution in [0.4, 0.5) is 0 Å². The van der Waals surface area contributed by atoms with E-state index in [-0.39, 0.29) is 6.04 Å². The van der Waals surface area contributed by atoms with Crippen LogP contribution in [-0.2, 0) is 10.0 Å². The van der Waals surface area contributed by atoms with Crippen molar-refractivity contribution in [2.24, 2.45) is 5.10 Å². The maximum Gasteiger partial charge on any atom is 0.211 e. The van der Waals surface area contributed by atoms with Crippen molar-refractivity contribution in [2.45, 2.75) is 31.0 Å². The number of halogens is 1. The molecule has 1 atom stereocenters. The molecule has 2 aromatic rings. The van der Waals surface area contributed by atoms with E-state index in [0.717, 1.165) is 33.5 Å². The van der Waals surface area contributed by atoms with Gasteiger partial charge in [0.2, 0.25) is 15.7 Å². The molecule has 9 heteroatoms.